The molecule has 0 radical (unpaired) electrons. The van der Waals surface area contributed by atoms with Crippen LogP contribution in [-0.2, 0) is 0 Å². The normalized spacial score (nSPS) is 46.9. The van der Waals surface area contributed by atoms with Gasteiger partial charge < -0.3 is 16.0 Å². The lowest BCUT2D eigenvalue weighted by molar-refractivity contribution is 0.105. The minimum Gasteiger partial charge on any atom is -0.311 e. The fourth-order valence-corrected chi connectivity index (χ4v) is 8.99. The molecule has 3 heterocycles. The third-order valence-corrected chi connectivity index (χ3v) is 11.0. The first-order chi connectivity index (χ1) is 14.6. The van der Waals surface area contributed by atoms with Gasteiger partial charge in [-0.2, -0.15) is 0 Å². The van der Waals surface area contributed by atoms with Crippen LogP contribution in [0.2, 0.25) is 0 Å². The first-order valence-corrected chi connectivity index (χ1v) is 13.9. The van der Waals surface area contributed by atoms with Gasteiger partial charge >= 0.3 is 0 Å². The van der Waals surface area contributed by atoms with Gasteiger partial charge in [0.15, 0.2) is 0 Å². The molecular weight excluding hydrogens is 366 g/mol. The minimum atomic E-state index is 0.529. The fourth-order valence-electron chi connectivity index (χ4n) is 8.99. The SMILES string of the molecule is CC1NC(CC2CCCC3(CC3CC3CCCC4(CCC4)N3)N2)CC12CCCCC2. The highest BCUT2D eigenvalue weighted by atomic mass is 15.1. The molecule has 0 bridgehead atoms. The zero-order valence-corrected chi connectivity index (χ0v) is 19.6. The molecule has 6 fully saturated rings. The molecule has 3 aliphatic carbocycles. The van der Waals surface area contributed by atoms with Crippen LogP contribution in [0.4, 0.5) is 0 Å². The predicted molar refractivity (Wildman–Crippen MR) is 125 cm³/mol. The van der Waals surface area contributed by atoms with Crippen molar-refractivity contribution in [2.75, 3.05) is 0 Å². The highest BCUT2D eigenvalue weighted by Crippen LogP contribution is 2.54. The van der Waals surface area contributed by atoms with Gasteiger partial charge in [-0.15, -0.1) is 0 Å². The Kier molecular flexibility index (Phi) is 5.28. The fraction of sp³-hybridized carbons (Fsp3) is 1.00. The van der Waals surface area contributed by atoms with Crippen molar-refractivity contribution in [3.63, 3.8) is 0 Å². The van der Waals surface area contributed by atoms with E-state index in [1.807, 2.05) is 0 Å². The highest BCUT2D eigenvalue weighted by Gasteiger charge is 2.57. The molecule has 3 aliphatic heterocycles. The lowest BCUT2D eigenvalue weighted by Gasteiger charge is -2.49. The highest BCUT2D eigenvalue weighted by molar-refractivity contribution is 5.15. The average molecular weight is 414 g/mol. The largest absolute Gasteiger partial charge is 0.311 e. The Morgan fingerprint density at radius 1 is 0.667 bits per heavy atom. The Morgan fingerprint density at radius 3 is 2.17 bits per heavy atom. The molecule has 0 aromatic heterocycles. The second-order valence-corrected chi connectivity index (χ2v) is 12.8. The zero-order valence-electron chi connectivity index (χ0n) is 19.6. The third kappa shape index (κ3) is 3.69. The molecule has 0 aromatic rings. The minimum absolute atomic E-state index is 0.529. The molecule has 3 saturated carbocycles. The van der Waals surface area contributed by atoms with Crippen molar-refractivity contribution in [1.29, 1.82) is 0 Å². The summed E-state index contributed by atoms with van der Waals surface area (Å²) in [5, 5.41) is 12.4. The number of nitrogens with one attached hydrogen (secondary N) is 3. The summed E-state index contributed by atoms with van der Waals surface area (Å²) in [6, 6.07) is 3.09. The number of hydrogen-bond acceptors (Lipinski definition) is 3. The van der Waals surface area contributed by atoms with Crippen LogP contribution in [0.5, 0.6) is 0 Å². The Bertz CT molecular complexity index is 622. The standard InChI is InChI=1S/C27H47N3/c1-20-25(10-3-2-4-11-25)19-24(28-20)17-23-9-6-15-27(30-23)18-21(27)16-22-8-5-12-26(29-22)13-7-14-26/h20-24,28-30H,2-19H2,1H3. The number of hydrogen-bond donors (Lipinski definition) is 3. The van der Waals surface area contributed by atoms with E-state index in [-0.39, 0.29) is 0 Å². The average Bonchev–Trinajstić information content (AvgIpc) is 3.27. The molecule has 3 N–H and O–H groups in total. The second kappa shape index (κ2) is 7.73. The molecule has 170 valence electrons. The van der Waals surface area contributed by atoms with Gasteiger partial charge in [0.05, 0.1) is 0 Å². The van der Waals surface area contributed by atoms with Crippen LogP contribution in [0, 0.1) is 11.3 Å². The lowest BCUT2D eigenvalue weighted by Crippen LogP contribution is -2.58. The van der Waals surface area contributed by atoms with Crippen LogP contribution in [0.15, 0.2) is 0 Å². The van der Waals surface area contributed by atoms with E-state index in [1.54, 1.807) is 0 Å². The van der Waals surface area contributed by atoms with Gasteiger partial charge in [-0.1, -0.05) is 32.1 Å². The topological polar surface area (TPSA) is 36.1 Å². The first-order valence-electron chi connectivity index (χ1n) is 13.9. The summed E-state index contributed by atoms with van der Waals surface area (Å²) in [6.45, 7) is 2.49. The van der Waals surface area contributed by atoms with Gasteiger partial charge in [0.2, 0.25) is 0 Å². The maximum atomic E-state index is 4.26. The Morgan fingerprint density at radius 2 is 1.40 bits per heavy atom. The third-order valence-electron chi connectivity index (χ3n) is 11.0. The van der Waals surface area contributed by atoms with E-state index in [9.17, 15) is 0 Å². The number of piperidine rings is 2. The van der Waals surface area contributed by atoms with E-state index in [4.69, 9.17) is 0 Å². The predicted octanol–water partition coefficient (Wildman–Crippen LogP) is 5.43. The van der Waals surface area contributed by atoms with E-state index in [1.165, 1.54) is 116 Å². The summed E-state index contributed by atoms with van der Waals surface area (Å²) in [5.74, 6) is 0.952. The zero-order chi connectivity index (χ0) is 20.2. The molecule has 0 amide bonds. The first kappa shape index (κ1) is 20.5. The molecule has 6 aliphatic rings. The van der Waals surface area contributed by atoms with Crippen LogP contribution >= 0.6 is 0 Å². The van der Waals surface area contributed by atoms with Gasteiger partial charge in [-0.05, 0) is 102 Å². The molecule has 3 saturated heterocycles. The van der Waals surface area contributed by atoms with Crippen LogP contribution in [0.25, 0.3) is 0 Å². The van der Waals surface area contributed by atoms with Gasteiger partial charge in [0.25, 0.3) is 0 Å². The molecule has 6 unspecified atom stereocenters. The van der Waals surface area contributed by atoms with Gasteiger partial charge in [0, 0.05) is 35.2 Å². The molecule has 30 heavy (non-hydrogen) atoms. The molecule has 3 heteroatoms. The van der Waals surface area contributed by atoms with Gasteiger partial charge in [-0.3, -0.25) is 0 Å². The molecule has 3 spiro atoms. The van der Waals surface area contributed by atoms with Crippen molar-refractivity contribution in [1.82, 2.24) is 16.0 Å². The molecular formula is C27H47N3. The monoisotopic (exact) mass is 413 g/mol. The van der Waals surface area contributed by atoms with Crippen molar-refractivity contribution >= 4 is 0 Å². The summed E-state index contributed by atoms with van der Waals surface area (Å²) in [4.78, 5) is 0. The summed E-state index contributed by atoms with van der Waals surface area (Å²) in [5.41, 5.74) is 1.75. The van der Waals surface area contributed by atoms with Crippen LogP contribution in [0.3, 0.4) is 0 Å². The van der Waals surface area contributed by atoms with E-state index >= 15 is 0 Å². The van der Waals surface area contributed by atoms with E-state index in [0.29, 0.717) is 16.5 Å². The van der Waals surface area contributed by atoms with Crippen molar-refractivity contribution in [3.8, 4) is 0 Å². The summed E-state index contributed by atoms with van der Waals surface area (Å²) >= 11 is 0. The van der Waals surface area contributed by atoms with Crippen LogP contribution < -0.4 is 16.0 Å². The molecule has 6 atom stereocenters. The van der Waals surface area contributed by atoms with Crippen LogP contribution in [0.1, 0.15) is 122 Å². The second-order valence-electron chi connectivity index (χ2n) is 12.8. The molecule has 6 rings (SSSR count). The van der Waals surface area contributed by atoms with Gasteiger partial charge in [-0.25, -0.2) is 0 Å². The lowest BCUT2D eigenvalue weighted by atomic mass is 9.68. The van der Waals surface area contributed by atoms with Crippen molar-refractivity contribution in [3.05, 3.63) is 0 Å². The summed E-state index contributed by atoms with van der Waals surface area (Å²) in [6.07, 6.45) is 26.2. The quantitative estimate of drug-likeness (QED) is 0.575. The maximum absolute atomic E-state index is 4.26. The maximum Gasteiger partial charge on any atom is 0.0216 e. The number of rotatable bonds is 4. The smallest absolute Gasteiger partial charge is 0.0216 e. The Hall–Kier alpha value is -0.120. The van der Waals surface area contributed by atoms with E-state index < -0.39 is 0 Å². The summed E-state index contributed by atoms with van der Waals surface area (Å²) in [7, 11) is 0. The van der Waals surface area contributed by atoms with E-state index in [0.717, 1.165) is 30.1 Å². The Labute approximate surface area is 185 Å². The van der Waals surface area contributed by atoms with Gasteiger partial charge in [0.1, 0.15) is 0 Å². The Balaban J connectivity index is 1.02. The van der Waals surface area contributed by atoms with Crippen LogP contribution in [-0.4, -0.2) is 35.2 Å². The van der Waals surface area contributed by atoms with Crippen molar-refractivity contribution in [2.45, 2.75) is 158 Å². The summed E-state index contributed by atoms with van der Waals surface area (Å²) < 4.78 is 0. The van der Waals surface area contributed by atoms with Crippen molar-refractivity contribution in [2.24, 2.45) is 11.3 Å². The van der Waals surface area contributed by atoms with E-state index in [2.05, 4.69) is 22.9 Å². The molecule has 3 nitrogen and oxygen atoms in total. The van der Waals surface area contributed by atoms with Crippen molar-refractivity contribution < 1.29 is 0 Å². The molecule has 0 aromatic carbocycles.